The Bertz CT molecular complexity index is 402. The van der Waals surface area contributed by atoms with Gasteiger partial charge in [0.25, 0.3) is 0 Å². The Kier molecular flexibility index (Phi) is 2.84. The first kappa shape index (κ1) is 12.7. The van der Waals surface area contributed by atoms with Gasteiger partial charge in [0.15, 0.2) is 11.4 Å². The Morgan fingerprint density at radius 3 is 2.19 bits per heavy atom. The van der Waals surface area contributed by atoms with Crippen molar-refractivity contribution in [2.45, 2.75) is 45.8 Å². The second-order valence-electron chi connectivity index (χ2n) is 5.12. The van der Waals surface area contributed by atoms with Crippen molar-refractivity contribution in [1.82, 2.24) is 5.32 Å². The maximum absolute atomic E-state index is 12.1. The van der Waals surface area contributed by atoms with Gasteiger partial charge in [-0.3, -0.25) is 4.79 Å². The predicted molar refractivity (Wildman–Crippen MR) is 58.9 cm³/mol. The smallest absolute Gasteiger partial charge is 0.172 e. The van der Waals surface area contributed by atoms with Crippen molar-refractivity contribution in [1.29, 1.82) is 5.26 Å². The highest BCUT2D eigenvalue weighted by Gasteiger charge is 2.49. The van der Waals surface area contributed by atoms with Crippen LogP contribution in [-0.2, 0) is 4.79 Å². The number of nitriles is 1. The van der Waals surface area contributed by atoms with Crippen molar-refractivity contribution < 1.29 is 9.86 Å². The number of hydroxylamine groups is 2. The molecule has 16 heavy (non-hydrogen) atoms. The number of hydrogen-bond acceptors (Lipinski definition) is 4. The molecule has 0 aromatic heterocycles. The van der Waals surface area contributed by atoms with Crippen LogP contribution >= 0.6 is 0 Å². The van der Waals surface area contributed by atoms with Crippen LogP contribution in [0.3, 0.4) is 0 Å². The lowest BCUT2D eigenvalue weighted by atomic mass is 9.96. The van der Waals surface area contributed by atoms with Gasteiger partial charge in [0.05, 0.1) is 5.70 Å². The van der Waals surface area contributed by atoms with Crippen molar-refractivity contribution in [3.63, 3.8) is 0 Å². The van der Waals surface area contributed by atoms with E-state index in [1.807, 2.05) is 6.07 Å². The van der Waals surface area contributed by atoms with Crippen molar-refractivity contribution in [3.8, 4) is 6.07 Å². The van der Waals surface area contributed by atoms with E-state index in [-0.39, 0.29) is 16.4 Å². The van der Waals surface area contributed by atoms with Gasteiger partial charge < -0.3 is 15.6 Å². The molecule has 0 spiro atoms. The van der Waals surface area contributed by atoms with Gasteiger partial charge in [-0.15, -0.1) is 0 Å². The van der Waals surface area contributed by atoms with E-state index in [2.05, 4.69) is 5.32 Å². The van der Waals surface area contributed by atoms with Crippen LogP contribution in [0.15, 0.2) is 11.3 Å². The van der Waals surface area contributed by atoms with Crippen molar-refractivity contribution in [2.24, 2.45) is 0 Å². The second kappa shape index (κ2) is 3.58. The number of nitrogens with one attached hydrogen (secondary N) is 2. The molecule has 1 fully saturated rings. The zero-order chi connectivity index (χ0) is 12.7. The highest BCUT2D eigenvalue weighted by molar-refractivity contribution is 5.98. The number of quaternary nitrogens is 1. The molecule has 0 aliphatic carbocycles. The minimum atomic E-state index is -0.805. The molecule has 0 aromatic rings. The molecule has 0 bridgehead atoms. The molecule has 1 saturated heterocycles. The SMILES string of the molecule is CC(=O)/C(C#N)=C1/NC(C)(C)[NH+]([O-])C1(C)C. The lowest BCUT2D eigenvalue weighted by Gasteiger charge is -2.38. The average Bonchev–Trinajstić information content (AvgIpc) is 2.28. The summed E-state index contributed by atoms with van der Waals surface area (Å²) >= 11 is 0. The zero-order valence-corrected chi connectivity index (χ0v) is 10.3. The topological polar surface area (TPSA) is 80.4 Å². The first-order valence-corrected chi connectivity index (χ1v) is 5.13. The molecule has 1 atom stereocenters. The Labute approximate surface area is 95.3 Å². The number of hydrogen-bond donors (Lipinski definition) is 2. The average molecular weight is 223 g/mol. The molecule has 1 aliphatic rings. The van der Waals surface area contributed by atoms with Gasteiger partial charge in [-0.05, 0) is 20.8 Å². The third kappa shape index (κ3) is 1.70. The number of ketones is 1. The van der Waals surface area contributed by atoms with E-state index < -0.39 is 11.2 Å². The standard InChI is InChI=1S/C11H17N3O2/c1-7(15)8(6-12)9-10(2,3)14(16)11(4,5)13-9/h13-14H,1-5H3/b9-8+. The minimum Gasteiger partial charge on any atom is -0.632 e. The highest BCUT2D eigenvalue weighted by Crippen LogP contribution is 2.23. The van der Waals surface area contributed by atoms with Crippen molar-refractivity contribution in [3.05, 3.63) is 16.5 Å². The van der Waals surface area contributed by atoms with Gasteiger partial charge >= 0.3 is 0 Å². The fourth-order valence-electron chi connectivity index (χ4n) is 2.11. The molecule has 2 N–H and O–H groups in total. The van der Waals surface area contributed by atoms with E-state index in [9.17, 15) is 10.0 Å². The van der Waals surface area contributed by atoms with E-state index in [0.29, 0.717) is 5.70 Å². The van der Waals surface area contributed by atoms with Crippen LogP contribution in [0.1, 0.15) is 34.6 Å². The van der Waals surface area contributed by atoms with Gasteiger partial charge in [0, 0.05) is 13.8 Å². The van der Waals surface area contributed by atoms with Crippen LogP contribution in [-0.4, -0.2) is 17.0 Å². The summed E-state index contributed by atoms with van der Waals surface area (Å²) in [7, 11) is 0. The first-order valence-electron chi connectivity index (χ1n) is 5.13. The van der Waals surface area contributed by atoms with Crippen LogP contribution in [0.5, 0.6) is 0 Å². The summed E-state index contributed by atoms with van der Waals surface area (Å²) in [5, 5.41) is 24.0. The molecule has 88 valence electrons. The third-order valence-electron chi connectivity index (χ3n) is 2.91. The number of carbonyl (C=O) groups excluding carboxylic acids is 1. The quantitative estimate of drug-likeness (QED) is 0.368. The number of Topliss-reactive ketones (excluding diaryl/α,β-unsaturated/α-hetero) is 1. The summed E-state index contributed by atoms with van der Waals surface area (Å²) in [5.41, 5.74) is -1.04. The van der Waals surface area contributed by atoms with E-state index in [1.54, 1.807) is 27.7 Å². The summed E-state index contributed by atoms with van der Waals surface area (Å²) < 4.78 is 0. The lowest BCUT2D eigenvalue weighted by Crippen LogP contribution is -3.20. The number of allylic oxidation sites excluding steroid dienone is 1. The molecule has 0 aromatic carbocycles. The molecule has 0 saturated carbocycles. The van der Waals surface area contributed by atoms with Gasteiger partial charge in [-0.2, -0.15) is 5.26 Å². The minimum absolute atomic E-state index is 0.0102. The summed E-state index contributed by atoms with van der Waals surface area (Å²) in [6, 6.07) is 1.87. The molecule has 1 unspecified atom stereocenters. The Morgan fingerprint density at radius 2 is 1.94 bits per heavy atom. The van der Waals surface area contributed by atoms with Crippen molar-refractivity contribution >= 4 is 5.78 Å². The van der Waals surface area contributed by atoms with Gasteiger partial charge in [-0.1, -0.05) is 0 Å². The number of rotatable bonds is 1. The maximum Gasteiger partial charge on any atom is 0.172 e. The molecule has 1 heterocycles. The molecule has 1 rings (SSSR count). The Balaban J connectivity index is 3.39. The van der Waals surface area contributed by atoms with Crippen LogP contribution < -0.4 is 10.4 Å². The van der Waals surface area contributed by atoms with Gasteiger partial charge in [0.2, 0.25) is 0 Å². The Hall–Kier alpha value is -1.38. The monoisotopic (exact) mass is 223 g/mol. The summed E-state index contributed by atoms with van der Waals surface area (Å²) in [4.78, 5) is 11.3. The van der Waals surface area contributed by atoms with Gasteiger partial charge in [0.1, 0.15) is 17.2 Å². The van der Waals surface area contributed by atoms with Crippen LogP contribution in [0.2, 0.25) is 0 Å². The predicted octanol–water partition coefficient (Wildman–Crippen LogP) is -0.146. The zero-order valence-electron chi connectivity index (χ0n) is 10.3. The largest absolute Gasteiger partial charge is 0.632 e. The summed E-state index contributed by atoms with van der Waals surface area (Å²) in [6.45, 7) is 8.29. The normalized spacial score (nSPS) is 29.2. The van der Waals surface area contributed by atoms with Crippen LogP contribution in [0.4, 0.5) is 0 Å². The highest BCUT2D eigenvalue weighted by atomic mass is 16.5. The summed E-state index contributed by atoms with van der Waals surface area (Å²) in [5.74, 6) is -0.316. The van der Waals surface area contributed by atoms with E-state index >= 15 is 0 Å². The van der Waals surface area contributed by atoms with Crippen LogP contribution in [0.25, 0.3) is 0 Å². The lowest BCUT2D eigenvalue weighted by molar-refractivity contribution is -0.931. The molecular formula is C11H17N3O2. The maximum atomic E-state index is 12.1. The summed E-state index contributed by atoms with van der Waals surface area (Å²) in [6.07, 6.45) is 0. The van der Waals surface area contributed by atoms with E-state index in [1.165, 1.54) is 6.92 Å². The first-order chi connectivity index (χ1) is 7.14. The van der Waals surface area contributed by atoms with E-state index in [0.717, 1.165) is 0 Å². The molecule has 0 radical (unpaired) electrons. The van der Waals surface area contributed by atoms with Crippen LogP contribution in [0, 0.1) is 16.5 Å². The second-order valence-corrected chi connectivity index (χ2v) is 5.12. The fourth-order valence-corrected chi connectivity index (χ4v) is 2.11. The number of nitrogens with zero attached hydrogens (tertiary/aromatic N) is 1. The Morgan fingerprint density at radius 1 is 1.44 bits per heavy atom. The molecular weight excluding hydrogens is 206 g/mol. The molecule has 5 nitrogen and oxygen atoms in total. The molecule has 1 aliphatic heterocycles. The van der Waals surface area contributed by atoms with Gasteiger partial charge in [-0.25, -0.2) is 0 Å². The number of carbonyl (C=O) groups is 1. The van der Waals surface area contributed by atoms with Crippen molar-refractivity contribution in [2.75, 3.05) is 0 Å². The third-order valence-corrected chi connectivity index (χ3v) is 2.91. The molecule has 0 amide bonds. The molecule has 5 heteroatoms. The van der Waals surface area contributed by atoms with E-state index in [4.69, 9.17) is 5.26 Å². The fraction of sp³-hybridized carbons (Fsp3) is 0.636.